The van der Waals surface area contributed by atoms with Crippen LogP contribution in [0.15, 0.2) is 78.9 Å². The van der Waals surface area contributed by atoms with Gasteiger partial charge in [-0.3, -0.25) is 14.4 Å². The molecule has 0 fully saturated rings. The normalized spacial score (nSPS) is 10.3. The summed E-state index contributed by atoms with van der Waals surface area (Å²) in [6, 6.07) is 24.2. The lowest BCUT2D eigenvalue weighted by molar-refractivity contribution is -0.128. The van der Waals surface area contributed by atoms with Gasteiger partial charge in [-0.25, -0.2) is 0 Å². The molecule has 34 heavy (non-hydrogen) atoms. The second kappa shape index (κ2) is 12.2. The Morgan fingerprint density at radius 3 is 2.06 bits per heavy atom. The van der Waals surface area contributed by atoms with Gasteiger partial charge in [-0.05, 0) is 53.9 Å². The summed E-state index contributed by atoms with van der Waals surface area (Å²) in [5.74, 6) is -0.243. The molecule has 3 amide bonds. The molecule has 0 aliphatic rings. The second-order valence-electron chi connectivity index (χ2n) is 8.13. The van der Waals surface area contributed by atoms with E-state index in [-0.39, 0.29) is 24.3 Å². The number of rotatable bonds is 10. The van der Waals surface area contributed by atoms with Gasteiger partial charge in [0.15, 0.2) is 0 Å². The predicted molar refractivity (Wildman–Crippen MR) is 135 cm³/mol. The summed E-state index contributed by atoms with van der Waals surface area (Å²) in [6.07, 6.45) is 1.11. The van der Waals surface area contributed by atoms with Crippen LogP contribution in [0.5, 0.6) is 0 Å². The topological polar surface area (TPSA) is 90.5 Å². The van der Waals surface area contributed by atoms with E-state index >= 15 is 0 Å². The number of carbonyl (C=O) groups excluding carboxylic acids is 3. The van der Waals surface area contributed by atoms with Gasteiger partial charge in [0.05, 0.1) is 6.54 Å². The SMILES string of the molecule is CN(C)C(=O)CCc1ccc(NC(=O)CNc2ccc(C(=O)NCc3ccccc3)cc2)cc1. The Morgan fingerprint density at radius 2 is 1.41 bits per heavy atom. The summed E-state index contributed by atoms with van der Waals surface area (Å²) in [5.41, 5.74) is 4.07. The maximum absolute atomic E-state index is 12.3. The fourth-order valence-corrected chi connectivity index (χ4v) is 3.24. The van der Waals surface area contributed by atoms with Crippen LogP contribution in [0.1, 0.15) is 27.9 Å². The Morgan fingerprint density at radius 1 is 0.765 bits per heavy atom. The molecule has 3 N–H and O–H groups in total. The van der Waals surface area contributed by atoms with Crippen LogP contribution in [0.3, 0.4) is 0 Å². The Kier molecular flexibility index (Phi) is 8.80. The average molecular weight is 459 g/mol. The minimum absolute atomic E-state index is 0.0873. The van der Waals surface area contributed by atoms with Gasteiger partial charge >= 0.3 is 0 Å². The van der Waals surface area contributed by atoms with Crippen LogP contribution in [0.25, 0.3) is 0 Å². The molecule has 0 heterocycles. The Balaban J connectivity index is 1.41. The van der Waals surface area contributed by atoms with Crippen LogP contribution in [-0.2, 0) is 22.6 Å². The van der Waals surface area contributed by atoms with Crippen molar-refractivity contribution in [3.05, 3.63) is 95.6 Å². The van der Waals surface area contributed by atoms with E-state index in [9.17, 15) is 14.4 Å². The highest BCUT2D eigenvalue weighted by Gasteiger charge is 2.07. The zero-order chi connectivity index (χ0) is 24.3. The van der Waals surface area contributed by atoms with Gasteiger partial charge in [-0.1, -0.05) is 42.5 Å². The number of aryl methyl sites for hydroxylation is 1. The number of nitrogens with zero attached hydrogens (tertiary/aromatic N) is 1. The molecule has 0 spiro atoms. The number of carbonyl (C=O) groups is 3. The highest BCUT2D eigenvalue weighted by atomic mass is 16.2. The minimum Gasteiger partial charge on any atom is -0.376 e. The smallest absolute Gasteiger partial charge is 0.251 e. The lowest BCUT2D eigenvalue weighted by Crippen LogP contribution is -2.23. The summed E-state index contributed by atoms with van der Waals surface area (Å²) in [7, 11) is 3.49. The molecule has 0 aliphatic carbocycles. The molecule has 7 heteroatoms. The first-order valence-electron chi connectivity index (χ1n) is 11.2. The Labute approximate surface area is 200 Å². The molecule has 7 nitrogen and oxygen atoms in total. The van der Waals surface area contributed by atoms with Gasteiger partial charge in [0, 0.05) is 44.0 Å². The monoisotopic (exact) mass is 458 g/mol. The molecule has 3 aromatic rings. The van der Waals surface area contributed by atoms with Crippen molar-refractivity contribution in [3.8, 4) is 0 Å². The summed E-state index contributed by atoms with van der Waals surface area (Å²) >= 11 is 0. The summed E-state index contributed by atoms with van der Waals surface area (Å²) in [6.45, 7) is 0.563. The van der Waals surface area contributed by atoms with Crippen molar-refractivity contribution in [2.75, 3.05) is 31.3 Å². The molecule has 0 aromatic heterocycles. The van der Waals surface area contributed by atoms with Crippen molar-refractivity contribution >= 4 is 29.1 Å². The van der Waals surface area contributed by atoms with Crippen molar-refractivity contribution in [1.29, 1.82) is 0 Å². The van der Waals surface area contributed by atoms with E-state index in [0.717, 1.165) is 16.8 Å². The van der Waals surface area contributed by atoms with Gasteiger partial charge in [0.1, 0.15) is 0 Å². The number of hydrogen-bond donors (Lipinski definition) is 3. The van der Waals surface area contributed by atoms with Crippen LogP contribution >= 0.6 is 0 Å². The van der Waals surface area contributed by atoms with E-state index in [1.807, 2.05) is 54.6 Å². The molecule has 3 rings (SSSR count). The molecule has 3 aromatic carbocycles. The molecule has 176 valence electrons. The third-order valence-electron chi connectivity index (χ3n) is 5.26. The van der Waals surface area contributed by atoms with Crippen molar-refractivity contribution in [2.45, 2.75) is 19.4 Å². The number of hydrogen-bond acceptors (Lipinski definition) is 4. The third kappa shape index (κ3) is 7.78. The van der Waals surface area contributed by atoms with E-state index in [0.29, 0.717) is 30.6 Å². The molecule has 0 saturated carbocycles. The van der Waals surface area contributed by atoms with E-state index < -0.39 is 0 Å². The maximum atomic E-state index is 12.3. The molecule has 0 radical (unpaired) electrons. The van der Waals surface area contributed by atoms with Crippen LogP contribution in [0, 0.1) is 0 Å². The molecular formula is C27H30N4O3. The molecule has 0 unspecified atom stereocenters. The minimum atomic E-state index is -0.180. The first-order valence-corrected chi connectivity index (χ1v) is 11.2. The standard InChI is InChI=1S/C27H30N4O3/c1-31(2)26(33)17-10-20-8-13-24(14-9-20)30-25(32)19-28-23-15-11-22(12-16-23)27(34)29-18-21-6-4-3-5-7-21/h3-9,11-16,28H,10,17-19H2,1-2H3,(H,29,34)(H,30,32). The van der Waals surface area contributed by atoms with Crippen LogP contribution in [-0.4, -0.2) is 43.3 Å². The van der Waals surface area contributed by atoms with Crippen molar-refractivity contribution in [1.82, 2.24) is 10.2 Å². The van der Waals surface area contributed by atoms with Crippen molar-refractivity contribution < 1.29 is 14.4 Å². The zero-order valence-corrected chi connectivity index (χ0v) is 19.5. The Hall–Kier alpha value is -4.13. The van der Waals surface area contributed by atoms with Crippen LogP contribution < -0.4 is 16.0 Å². The summed E-state index contributed by atoms with van der Waals surface area (Å²) in [5, 5.41) is 8.79. The Bertz CT molecular complexity index is 1090. The fourth-order valence-electron chi connectivity index (χ4n) is 3.24. The van der Waals surface area contributed by atoms with Gasteiger partial charge in [0.25, 0.3) is 5.91 Å². The highest BCUT2D eigenvalue weighted by molar-refractivity contribution is 5.95. The van der Waals surface area contributed by atoms with E-state index in [2.05, 4.69) is 16.0 Å². The van der Waals surface area contributed by atoms with E-state index in [1.54, 1.807) is 43.3 Å². The van der Waals surface area contributed by atoms with E-state index in [1.165, 1.54) is 0 Å². The lowest BCUT2D eigenvalue weighted by atomic mass is 10.1. The first-order chi connectivity index (χ1) is 16.4. The first kappa shape index (κ1) is 24.5. The molecule has 0 saturated heterocycles. The van der Waals surface area contributed by atoms with Gasteiger partial charge in [-0.2, -0.15) is 0 Å². The lowest BCUT2D eigenvalue weighted by Gasteiger charge is -2.11. The summed E-state index contributed by atoms with van der Waals surface area (Å²) < 4.78 is 0. The van der Waals surface area contributed by atoms with Crippen LogP contribution in [0.2, 0.25) is 0 Å². The molecule has 0 aliphatic heterocycles. The van der Waals surface area contributed by atoms with Gasteiger partial charge in [0.2, 0.25) is 11.8 Å². The van der Waals surface area contributed by atoms with E-state index in [4.69, 9.17) is 0 Å². The largest absolute Gasteiger partial charge is 0.376 e. The number of benzene rings is 3. The zero-order valence-electron chi connectivity index (χ0n) is 19.5. The molecular weight excluding hydrogens is 428 g/mol. The quantitative estimate of drug-likeness (QED) is 0.432. The summed E-state index contributed by atoms with van der Waals surface area (Å²) in [4.78, 5) is 37.9. The second-order valence-corrected chi connectivity index (χ2v) is 8.13. The van der Waals surface area contributed by atoms with Gasteiger partial charge in [-0.15, -0.1) is 0 Å². The number of anilines is 2. The molecule has 0 bridgehead atoms. The number of nitrogens with one attached hydrogen (secondary N) is 3. The van der Waals surface area contributed by atoms with Crippen molar-refractivity contribution in [2.24, 2.45) is 0 Å². The fraction of sp³-hybridized carbons (Fsp3) is 0.222. The molecule has 0 atom stereocenters. The highest BCUT2D eigenvalue weighted by Crippen LogP contribution is 2.13. The number of amides is 3. The van der Waals surface area contributed by atoms with Crippen LogP contribution in [0.4, 0.5) is 11.4 Å². The maximum Gasteiger partial charge on any atom is 0.251 e. The third-order valence-corrected chi connectivity index (χ3v) is 5.26. The average Bonchev–Trinajstić information content (AvgIpc) is 2.86. The predicted octanol–water partition coefficient (Wildman–Crippen LogP) is 3.69. The van der Waals surface area contributed by atoms with Gasteiger partial charge < -0.3 is 20.9 Å². The van der Waals surface area contributed by atoms with Crippen molar-refractivity contribution in [3.63, 3.8) is 0 Å².